The number of carbonyl (C=O) groups excluding carboxylic acids is 1. The van der Waals surface area contributed by atoms with Gasteiger partial charge in [0, 0.05) is 57.0 Å². The van der Waals surface area contributed by atoms with Crippen molar-refractivity contribution >= 4 is 11.7 Å². The molecule has 5 heteroatoms. The molecule has 1 aliphatic heterocycles. The second-order valence-corrected chi connectivity index (χ2v) is 8.32. The van der Waals surface area contributed by atoms with E-state index >= 15 is 0 Å². The normalized spacial score (nSPS) is 15.8. The molecular formula is C24H34N4O. The molecule has 0 aromatic heterocycles. The fourth-order valence-corrected chi connectivity index (χ4v) is 3.97. The zero-order chi connectivity index (χ0) is 20.7. The van der Waals surface area contributed by atoms with Crippen LogP contribution in [-0.4, -0.2) is 60.6 Å². The van der Waals surface area contributed by atoms with E-state index in [0.717, 1.165) is 38.4 Å². The van der Waals surface area contributed by atoms with E-state index in [-0.39, 0.29) is 11.6 Å². The fraction of sp³-hybridized carbons (Fsp3) is 0.458. The van der Waals surface area contributed by atoms with Gasteiger partial charge in [-0.2, -0.15) is 0 Å². The molecule has 1 heterocycles. The van der Waals surface area contributed by atoms with Crippen LogP contribution in [0.3, 0.4) is 0 Å². The highest BCUT2D eigenvalue weighted by molar-refractivity contribution is 5.92. The van der Waals surface area contributed by atoms with Crippen LogP contribution in [0.25, 0.3) is 0 Å². The number of amides is 2. The van der Waals surface area contributed by atoms with Crippen molar-refractivity contribution in [1.29, 1.82) is 0 Å². The lowest BCUT2D eigenvalue weighted by Crippen LogP contribution is -2.59. The number of carbonyl (C=O) groups is 1. The van der Waals surface area contributed by atoms with Gasteiger partial charge in [0.15, 0.2) is 0 Å². The molecule has 0 radical (unpaired) electrons. The highest BCUT2D eigenvalue weighted by Crippen LogP contribution is 2.23. The minimum absolute atomic E-state index is 0.0329. The Kier molecular flexibility index (Phi) is 7.29. The summed E-state index contributed by atoms with van der Waals surface area (Å²) < 4.78 is 0. The van der Waals surface area contributed by atoms with E-state index in [9.17, 15) is 4.79 Å². The molecule has 0 unspecified atom stereocenters. The summed E-state index contributed by atoms with van der Waals surface area (Å²) in [6, 6.07) is 20.6. The number of nitrogens with zero attached hydrogens (tertiary/aromatic N) is 3. The quantitative estimate of drug-likeness (QED) is 0.776. The van der Waals surface area contributed by atoms with Gasteiger partial charge in [0.05, 0.1) is 0 Å². The molecule has 0 atom stereocenters. The SMILES string of the molecule is CCNC(=O)N(CC(C)(C)N1CCN(Cc2ccccc2)CC1)c1ccccc1. The number of hydrogen-bond acceptors (Lipinski definition) is 3. The lowest BCUT2D eigenvalue weighted by atomic mass is 10.00. The number of anilines is 1. The van der Waals surface area contributed by atoms with Crippen LogP contribution in [0, 0.1) is 0 Å². The Labute approximate surface area is 175 Å². The Morgan fingerprint density at radius 3 is 2.14 bits per heavy atom. The molecule has 2 aromatic rings. The zero-order valence-corrected chi connectivity index (χ0v) is 18.0. The van der Waals surface area contributed by atoms with Gasteiger partial charge in [-0.15, -0.1) is 0 Å². The lowest BCUT2D eigenvalue weighted by Gasteiger charge is -2.46. The van der Waals surface area contributed by atoms with Gasteiger partial charge in [-0.3, -0.25) is 14.7 Å². The van der Waals surface area contributed by atoms with E-state index < -0.39 is 0 Å². The van der Waals surface area contributed by atoms with E-state index in [4.69, 9.17) is 0 Å². The monoisotopic (exact) mass is 394 g/mol. The Morgan fingerprint density at radius 2 is 1.55 bits per heavy atom. The summed E-state index contributed by atoms with van der Waals surface area (Å²) in [6.07, 6.45) is 0. The molecule has 1 fully saturated rings. The van der Waals surface area contributed by atoms with Gasteiger partial charge in [-0.25, -0.2) is 4.79 Å². The van der Waals surface area contributed by atoms with E-state index in [1.807, 2.05) is 42.2 Å². The average molecular weight is 395 g/mol. The largest absolute Gasteiger partial charge is 0.338 e. The molecule has 0 saturated carbocycles. The molecule has 2 amide bonds. The van der Waals surface area contributed by atoms with Crippen molar-refractivity contribution in [3.8, 4) is 0 Å². The predicted molar refractivity (Wildman–Crippen MR) is 120 cm³/mol. The topological polar surface area (TPSA) is 38.8 Å². The maximum absolute atomic E-state index is 12.7. The Hall–Kier alpha value is -2.37. The van der Waals surface area contributed by atoms with Gasteiger partial charge in [0.1, 0.15) is 0 Å². The van der Waals surface area contributed by atoms with Crippen molar-refractivity contribution in [2.24, 2.45) is 0 Å². The van der Waals surface area contributed by atoms with E-state index in [0.29, 0.717) is 13.1 Å². The molecule has 29 heavy (non-hydrogen) atoms. The third-order valence-electron chi connectivity index (χ3n) is 5.66. The molecule has 1 saturated heterocycles. The summed E-state index contributed by atoms with van der Waals surface area (Å²) in [5.41, 5.74) is 2.20. The molecule has 1 N–H and O–H groups in total. The summed E-state index contributed by atoms with van der Waals surface area (Å²) in [7, 11) is 0. The summed E-state index contributed by atoms with van der Waals surface area (Å²) >= 11 is 0. The summed E-state index contributed by atoms with van der Waals surface area (Å²) in [5, 5.41) is 2.96. The van der Waals surface area contributed by atoms with Crippen molar-refractivity contribution in [1.82, 2.24) is 15.1 Å². The second-order valence-electron chi connectivity index (χ2n) is 8.32. The number of nitrogens with one attached hydrogen (secondary N) is 1. The highest BCUT2D eigenvalue weighted by Gasteiger charge is 2.33. The second kappa shape index (κ2) is 9.90. The molecule has 0 aliphatic carbocycles. The number of hydrogen-bond donors (Lipinski definition) is 1. The van der Waals surface area contributed by atoms with Gasteiger partial charge < -0.3 is 5.32 Å². The first-order valence-electron chi connectivity index (χ1n) is 10.6. The van der Waals surface area contributed by atoms with Crippen LogP contribution < -0.4 is 10.2 Å². The van der Waals surface area contributed by atoms with Crippen LogP contribution in [0.15, 0.2) is 60.7 Å². The van der Waals surface area contributed by atoms with Gasteiger partial charge in [0.2, 0.25) is 0 Å². The summed E-state index contributed by atoms with van der Waals surface area (Å²) in [6.45, 7) is 12.8. The maximum atomic E-state index is 12.7. The van der Waals surface area contributed by atoms with Crippen molar-refractivity contribution in [3.63, 3.8) is 0 Å². The first-order valence-corrected chi connectivity index (χ1v) is 10.6. The summed E-state index contributed by atoms with van der Waals surface area (Å²) in [5.74, 6) is 0. The Balaban J connectivity index is 1.62. The Bertz CT molecular complexity index is 755. The van der Waals surface area contributed by atoms with Crippen LogP contribution in [0.4, 0.5) is 10.5 Å². The van der Waals surface area contributed by atoms with E-state index in [1.54, 1.807) is 0 Å². The molecule has 0 bridgehead atoms. The number of para-hydroxylation sites is 1. The molecule has 0 spiro atoms. The maximum Gasteiger partial charge on any atom is 0.321 e. The number of benzene rings is 2. The van der Waals surface area contributed by atoms with Crippen LogP contribution in [0.1, 0.15) is 26.3 Å². The lowest BCUT2D eigenvalue weighted by molar-refractivity contribution is 0.0533. The van der Waals surface area contributed by atoms with E-state index in [2.05, 4.69) is 59.3 Å². The van der Waals surface area contributed by atoms with Crippen LogP contribution in [0.2, 0.25) is 0 Å². The van der Waals surface area contributed by atoms with Crippen LogP contribution in [0.5, 0.6) is 0 Å². The molecule has 156 valence electrons. The van der Waals surface area contributed by atoms with Gasteiger partial charge in [-0.1, -0.05) is 48.5 Å². The van der Waals surface area contributed by atoms with Gasteiger partial charge in [0.25, 0.3) is 0 Å². The Morgan fingerprint density at radius 1 is 0.966 bits per heavy atom. The third kappa shape index (κ3) is 5.81. The van der Waals surface area contributed by atoms with Crippen molar-refractivity contribution in [2.75, 3.05) is 44.2 Å². The van der Waals surface area contributed by atoms with Crippen LogP contribution >= 0.6 is 0 Å². The smallest absolute Gasteiger partial charge is 0.321 e. The van der Waals surface area contributed by atoms with Gasteiger partial charge in [-0.05, 0) is 38.5 Å². The first kappa shape index (κ1) is 21.3. The number of urea groups is 1. The predicted octanol–water partition coefficient (Wildman–Crippen LogP) is 3.82. The molecule has 2 aromatic carbocycles. The van der Waals surface area contributed by atoms with Crippen molar-refractivity contribution in [2.45, 2.75) is 32.9 Å². The van der Waals surface area contributed by atoms with Crippen molar-refractivity contribution < 1.29 is 4.79 Å². The fourth-order valence-electron chi connectivity index (χ4n) is 3.97. The molecule has 5 nitrogen and oxygen atoms in total. The first-order chi connectivity index (χ1) is 14.0. The van der Waals surface area contributed by atoms with Crippen LogP contribution in [-0.2, 0) is 6.54 Å². The van der Waals surface area contributed by atoms with Gasteiger partial charge >= 0.3 is 6.03 Å². The number of piperazine rings is 1. The molecule has 3 rings (SSSR count). The summed E-state index contributed by atoms with van der Waals surface area (Å²) in [4.78, 5) is 19.7. The van der Waals surface area contributed by atoms with E-state index in [1.165, 1.54) is 5.56 Å². The molecule has 1 aliphatic rings. The average Bonchev–Trinajstić information content (AvgIpc) is 2.74. The molecular weight excluding hydrogens is 360 g/mol. The third-order valence-corrected chi connectivity index (χ3v) is 5.66. The standard InChI is InChI=1S/C24H34N4O/c1-4-25-23(29)28(22-13-9-6-10-14-22)20-24(2,3)27-17-15-26(16-18-27)19-21-11-7-5-8-12-21/h5-14H,4,15-20H2,1-3H3,(H,25,29). The highest BCUT2D eigenvalue weighted by atomic mass is 16.2. The number of rotatable bonds is 7. The minimum atomic E-state index is -0.111. The van der Waals surface area contributed by atoms with Crippen molar-refractivity contribution in [3.05, 3.63) is 66.2 Å². The zero-order valence-electron chi connectivity index (χ0n) is 18.0. The minimum Gasteiger partial charge on any atom is -0.338 e.